The van der Waals surface area contributed by atoms with E-state index < -0.39 is 10.0 Å². The molecular weight excluding hydrogens is 360 g/mol. The second kappa shape index (κ2) is 9.55. The van der Waals surface area contributed by atoms with E-state index in [1.165, 1.54) is 4.31 Å². The lowest BCUT2D eigenvalue weighted by atomic mass is 10.1. The summed E-state index contributed by atoms with van der Waals surface area (Å²) in [4.78, 5) is 12.0. The zero-order valence-corrected chi connectivity index (χ0v) is 17.0. The number of nitrogens with zero attached hydrogens (tertiary/aromatic N) is 1. The molecule has 27 heavy (non-hydrogen) atoms. The normalized spacial score (nSPS) is 11.4. The Morgan fingerprint density at radius 3 is 2.26 bits per heavy atom. The number of benzene rings is 2. The number of nitrogens with one attached hydrogen (secondary N) is 1. The summed E-state index contributed by atoms with van der Waals surface area (Å²) in [5.74, 6) is 0.297. The van der Waals surface area contributed by atoms with E-state index in [1.807, 2.05) is 39.0 Å². The van der Waals surface area contributed by atoms with E-state index in [-0.39, 0.29) is 10.8 Å². The number of aryl methyl sites for hydroxylation is 1. The lowest BCUT2D eigenvalue weighted by Crippen LogP contribution is -2.34. The summed E-state index contributed by atoms with van der Waals surface area (Å²) in [5.41, 5.74) is 1.62. The van der Waals surface area contributed by atoms with Crippen molar-refractivity contribution in [3.8, 4) is 0 Å². The number of hydrogen-bond donors (Lipinski definition) is 1. The molecule has 0 saturated carbocycles. The third kappa shape index (κ3) is 6.10. The standard InChI is InChI=1S/C21H28N2O3S/c1-17(2)16-21(24)22-14-7-15-23(19-8-5-4-6-9-19)27(25,26)20-12-10-18(3)11-13-20/h4-6,8-13,17H,7,14-16H2,1-3H3,(H,22,24). The number of sulfonamides is 1. The van der Waals surface area contributed by atoms with Crippen LogP contribution in [0, 0.1) is 12.8 Å². The summed E-state index contributed by atoms with van der Waals surface area (Å²) < 4.78 is 27.7. The maximum absolute atomic E-state index is 13.2. The first-order valence-corrected chi connectivity index (χ1v) is 10.7. The van der Waals surface area contributed by atoms with E-state index in [0.717, 1.165) is 5.56 Å². The molecule has 146 valence electrons. The van der Waals surface area contributed by atoms with E-state index in [9.17, 15) is 13.2 Å². The Morgan fingerprint density at radius 2 is 1.67 bits per heavy atom. The average molecular weight is 389 g/mol. The number of para-hydroxylation sites is 1. The molecule has 0 aromatic heterocycles. The van der Waals surface area contributed by atoms with Crippen LogP contribution >= 0.6 is 0 Å². The maximum atomic E-state index is 13.2. The first-order chi connectivity index (χ1) is 12.8. The fraction of sp³-hybridized carbons (Fsp3) is 0.381. The van der Waals surface area contributed by atoms with Gasteiger partial charge in [0.15, 0.2) is 0 Å². The second-order valence-electron chi connectivity index (χ2n) is 7.03. The van der Waals surface area contributed by atoms with Gasteiger partial charge >= 0.3 is 0 Å². The molecule has 2 aromatic carbocycles. The second-order valence-corrected chi connectivity index (χ2v) is 8.89. The van der Waals surface area contributed by atoms with Crippen LogP contribution in [0.25, 0.3) is 0 Å². The molecular formula is C21H28N2O3S. The zero-order chi connectivity index (χ0) is 19.9. The molecule has 0 radical (unpaired) electrons. The Bertz CT molecular complexity index is 831. The highest BCUT2D eigenvalue weighted by molar-refractivity contribution is 7.92. The van der Waals surface area contributed by atoms with Gasteiger partial charge in [0.25, 0.3) is 10.0 Å². The van der Waals surface area contributed by atoms with Crippen LogP contribution in [0.2, 0.25) is 0 Å². The molecule has 5 nitrogen and oxygen atoms in total. The molecule has 1 N–H and O–H groups in total. The summed E-state index contributed by atoms with van der Waals surface area (Å²) in [6.45, 7) is 6.64. The van der Waals surface area contributed by atoms with Gasteiger partial charge in [0.05, 0.1) is 10.6 Å². The van der Waals surface area contributed by atoms with Gasteiger partial charge < -0.3 is 5.32 Å². The summed E-state index contributed by atoms with van der Waals surface area (Å²) in [6.07, 6.45) is 1.01. The van der Waals surface area contributed by atoms with E-state index in [1.54, 1.807) is 36.4 Å². The smallest absolute Gasteiger partial charge is 0.264 e. The van der Waals surface area contributed by atoms with Gasteiger partial charge in [0, 0.05) is 19.5 Å². The molecule has 0 bridgehead atoms. The van der Waals surface area contributed by atoms with Crippen LogP contribution in [0.5, 0.6) is 0 Å². The number of anilines is 1. The third-order valence-corrected chi connectivity index (χ3v) is 5.95. The molecule has 1 amide bonds. The molecule has 6 heteroatoms. The van der Waals surface area contributed by atoms with Crippen LogP contribution in [0.4, 0.5) is 5.69 Å². The van der Waals surface area contributed by atoms with Crippen molar-refractivity contribution in [2.45, 2.75) is 38.5 Å². The van der Waals surface area contributed by atoms with Crippen LogP contribution in [-0.4, -0.2) is 27.4 Å². The van der Waals surface area contributed by atoms with E-state index in [4.69, 9.17) is 0 Å². The molecule has 0 aliphatic heterocycles. The molecule has 0 heterocycles. The lowest BCUT2D eigenvalue weighted by molar-refractivity contribution is -0.121. The fourth-order valence-corrected chi connectivity index (χ4v) is 4.22. The van der Waals surface area contributed by atoms with Crippen molar-refractivity contribution in [3.63, 3.8) is 0 Å². The van der Waals surface area contributed by atoms with Crippen molar-refractivity contribution in [2.75, 3.05) is 17.4 Å². The van der Waals surface area contributed by atoms with Crippen LogP contribution in [0.3, 0.4) is 0 Å². The molecule has 0 unspecified atom stereocenters. The van der Waals surface area contributed by atoms with E-state index >= 15 is 0 Å². The van der Waals surface area contributed by atoms with E-state index in [0.29, 0.717) is 37.5 Å². The van der Waals surface area contributed by atoms with Crippen LogP contribution < -0.4 is 9.62 Å². The highest BCUT2D eigenvalue weighted by Gasteiger charge is 2.24. The quantitative estimate of drug-likeness (QED) is 0.666. The van der Waals surface area contributed by atoms with Crippen molar-refractivity contribution < 1.29 is 13.2 Å². The van der Waals surface area contributed by atoms with Gasteiger partial charge in [0.2, 0.25) is 5.91 Å². The van der Waals surface area contributed by atoms with Gasteiger partial charge in [-0.15, -0.1) is 0 Å². The molecule has 2 aromatic rings. The van der Waals surface area contributed by atoms with Crippen molar-refractivity contribution in [1.82, 2.24) is 5.32 Å². The monoisotopic (exact) mass is 388 g/mol. The number of amides is 1. The summed E-state index contributed by atoms with van der Waals surface area (Å²) >= 11 is 0. The van der Waals surface area contributed by atoms with Gasteiger partial charge in [-0.25, -0.2) is 8.42 Å². The zero-order valence-electron chi connectivity index (χ0n) is 16.2. The molecule has 2 rings (SSSR count). The number of hydrogen-bond acceptors (Lipinski definition) is 3. The molecule has 0 aliphatic carbocycles. The first kappa shape index (κ1) is 21.0. The Balaban J connectivity index is 2.13. The van der Waals surface area contributed by atoms with Gasteiger partial charge in [-0.05, 0) is 43.5 Å². The predicted octanol–water partition coefficient (Wildman–Crippen LogP) is 3.74. The fourth-order valence-electron chi connectivity index (χ4n) is 2.71. The largest absolute Gasteiger partial charge is 0.356 e. The lowest BCUT2D eigenvalue weighted by Gasteiger charge is -2.24. The Hall–Kier alpha value is -2.34. The molecule has 0 saturated heterocycles. The highest BCUT2D eigenvalue weighted by atomic mass is 32.2. The minimum atomic E-state index is -3.67. The van der Waals surface area contributed by atoms with Gasteiger partial charge in [0.1, 0.15) is 0 Å². The summed E-state index contributed by atoms with van der Waals surface area (Å²) in [5, 5.41) is 2.86. The summed E-state index contributed by atoms with van der Waals surface area (Å²) in [6, 6.07) is 15.9. The number of carbonyl (C=O) groups excluding carboxylic acids is 1. The SMILES string of the molecule is Cc1ccc(S(=O)(=O)N(CCCNC(=O)CC(C)C)c2ccccc2)cc1. The van der Waals surface area contributed by atoms with E-state index in [2.05, 4.69) is 5.32 Å². The number of carbonyl (C=O) groups is 1. The Kier molecular flexibility index (Phi) is 7.42. The number of rotatable bonds is 9. The Morgan fingerprint density at radius 1 is 1.04 bits per heavy atom. The van der Waals surface area contributed by atoms with Gasteiger partial charge in [-0.1, -0.05) is 49.7 Å². The van der Waals surface area contributed by atoms with Crippen LogP contribution in [-0.2, 0) is 14.8 Å². The van der Waals surface area contributed by atoms with Crippen LogP contribution in [0.1, 0.15) is 32.3 Å². The van der Waals surface area contributed by atoms with Gasteiger partial charge in [-0.3, -0.25) is 9.10 Å². The maximum Gasteiger partial charge on any atom is 0.264 e. The van der Waals surface area contributed by atoms with Crippen molar-refractivity contribution in [1.29, 1.82) is 0 Å². The van der Waals surface area contributed by atoms with Gasteiger partial charge in [-0.2, -0.15) is 0 Å². The Labute approximate surface area is 162 Å². The third-order valence-electron chi connectivity index (χ3n) is 4.11. The molecule has 0 spiro atoms. The predicted molar refractivity (Wildman–Crippen MR) is 109 cm³/mol. The van der Waals surface area contributed by atoms with Crippen molar-refractivity contribution >= 4 is 21.6 Å². The first-order valence-electron chi connectivity index (χ1n) is 9.22. The minimum Gasteiger partial charge on any atom is -0.356 e. The van der Waals surface area contributed by atoms with Crippen molar-refractivity contribution in [2.24, 2.45) is 5.92 Å². The molecule has 0 atom stereocenters. The van der Waals surface area contributed by atoms with Crippen molar-refractivity contribution in [3.05, 3.63) is 60.2 Å². The summed E-state index contributed by atoms with van der Waals surface area (Å²) in [7, 11) is -3.67. The average Bonchev–Trinajstić information content (AvgIpc) is 2.62. The molecule has 0 fully saturated rings. The van der Waals surface area contributed by atoms with Crippen LogP contribution in [0.15, 0.2) is 59.5 Å². The molecule has 0 aliphatic rings. The topological polar surface area (TPSA) is 66.5 Å². The minimum absolute atomic E-state index is 0.00217. The highest BCUT2D eigenvalue weighted by Crippen LogP contribution is 2.24.